The van der Waals surface area contributed by atoms with E-state index < -0.39 is 0 Å². The summed E-state index contributed by atoms with van der Waals surface area (Å²) in [6.07, 6.45) is 0.912. The Morgan fingerprint density at radius 2 is 2.06 bits per heavy atom. The third-order valence-corrected chi connectivity index (χ3v) is 2.81. The minimum Gasteiger partial charge on any atom is -0.298 e. The number of para-hydroxylation sites is 1. The normalized spacial score (nSPS) is 11.0. The molecule has 0 N–H and O–H groups in total. The first-order chi connectivity index (χ1) is 7.63. The summed E-state index contributed by atoms with van der Waals surface area (Å²) in [5.74, 6) is 0.336. The molecular weight excluding hydrogens is 198 g/mol. The average molecular weight is 213 g/mol. The second-order valence-corrected chi connectivity index (χ2v) is 4.38. The van der Waals surface area contributed by atoms with Gasteiger partial charge in [-0.3, -0.25) is 9.78 Å². The van der Waals surface area contributed by atoms with Gasteiger partial charge in [0, 0.05) is 16.6 Å². The van der Waals surface area contributed by atoms with Crippen molar-refractivity contribution in [1.82, 2.24) is 4.98 Å². The molecule has 16 heavy (non-hydrogen) atoms. The number of hydrogen-bond acceptors (Lipinski definition) is 2. The Labute approximate surface area is 95.3 Å². The molecule has 1 heterocycles. The van der Waals surface area contributed by atoms with E-state index in [4.69, 9.17) is 0 Å². The van der Waals surface area contributed by atoms with Crippen LogP contribution in [0.1, 0.15) is 41.4 Å². The van der Waals surface area contributed by atoms with Crippen molar-refractivity contribution in [2.75, 3.05) is 0 Å². The molecule has 0 fully saturated rings. The molecule has 0 saturated heterocycles. The Bertz CT molecular complexity index is 544. The van der Waals surface area contributed by atoms with Gasteiger partial charge in [0.2, 0.25) is 0 Å². The van der Waals surface area contributed by atoms with Crippen LogP contribution in [0, 0.1) is 6.92 Å². The third kappa shape index (κ3) is 1.71. The van der Waals surface area contributed by atoms with Gasteiger partial charge in [-0.2, -0.15) is 0 Å². The standard InChI is InChI=1S/C14H15NO/c1-9(2)13-7-11(8-16)12-6-4-5-10(3)14(12)15-13/h4-9H,1-3H3. The van der Waals surface area contributed by atoms with Gasteiger partial charge in [-0.05, 0) is 24.5 Å². The number of aryl methyl sites for hydroxylation is 1. The predicted molar refractivity (Wildman–Crippen MR) is 66.0 cm³/mol. The maximum atomic E-state index is 11.1. The lowest BCUT2D eigenvalue weighted by Gasteiger charge is -2.09. The summed E-state index contributed by atoms with van der Waals surface area (Å²) in [6.45, 7) is 6.19. The first-order valence-corrected chi connectivity index (χ1v) is 5.49. The zero-order valence-electron chi connectivity index (χ0n) is 9.82. The Morgan fingerprint density at radius 3 is 2.69 bits per heavy atom. The van der Waals surface area contributed by atoms with Gasteiger partial charge in [-0.1, -0.05) is 32.0 Å². The molecule has 1 aromatic heterocycles. The van der Waals surface area contributed by atoms with Gasteiger partial charge in [0.15, 0.2) is 6.29 Å². The second-order valence-electron chi connectivity index (χ2n) is 4.38. The van der Waals surface area contributed by atoms with Crippen molar-refractivity contribution in [1.29, 1.82) is 0 Å². The molecule has 0 radical (unpaired) electrons. The number of pyridine rings is 1. The van der Waals surface area contributed by atoms with E-state index in [2.05, 4.69) is 18.8 Å². The van der Waals surface area contributed by atoms with E-state index in [1.807, 2.05) is 31.2 Å². The molecule has 0 atom stereocenters. The molecule has 0 saturated carbocycles. The Morgan fingerprint density at radius 1 is 1.31 bits per heavy atom. The fraction of sp³-hybridized carbons (Fsp3) is 0.286. The number of nitrogens with zero attached hydrogens (tertiary/aromatic N) is 1. The van der Waals surface area contributed by atoms with E-state index in [-0.39, 0.29) is 0 Å². The molecule has 0 bridgehead atoms. The monoisotopic (exact) mass is 213 g/mol. The zero-order valence-corrected chi connectivity index (χ0v) is 9.82. The molecule has 2 rings (SSSR count). The van der Waals surface area contributed by atoms with Crippen LogP contribution < -0.4 is 0 Å². The fourth-order valence-corrected chi connectivity index (χ4v) is 1.83. The first kappa shape index (κ1) is 10.8. The third-order valence-electron chi connectivity index (χ3n) is 2.81. The summed E-state index contributed by atoms with van der Waals surface area (Å²) >= 11 is 0. The van der Waals surface area contributed by atoms with Gasteiger partial charge in [0.05, 0.1) is 5.52 Å². The summed E-state index contributed by atoms with van der Waals surface area (Å²) in [5.41, 5.74) is 3.76. The number of rotatable bonds is 2. The van der Waals surface area contributed by atoms with Crippen molar-refractivity contribution in [2.45, 2.75) is 26.7 Å². The summed E-state index contributed by atoms with van der Waals surface area (Å²) in [4.78, 5) is 15.7. The SMILES string of the molecule is Cc1cccc2c(C=O)cc(C(C)C)nc12. The number of benzene rings is 1. The molecular formula is C14H15NO. The number of aldehydes is 1. The fourth-order valence-electron chi connectivity index (χ4n) is 1.83. The van der Waals surface area contributed by atoms with Gasteiger partial charge >= 0.3 is 0 Å². The van der Waals surface area contributed by atoms with Crippen LogP contribution in [0.25, 0.3) is 10.9 Å². The van der Waals surface area contributed by atoms with Crippen LogP contribution in [0.15, 0.2) is 24.3 Å². The van der Waals surface area contributed by atoms with Gasteiger partial charge in [-0.25, -0.2) is 0 Å². The van der Waals surface area contributed by atoms with Crippen molar-refractivity contribution in [3.63, 3.8) is 0 Å². The number of hydrogen-bond donors (Lipinski definition) is 0. The van der Waals surface area contributed by atoms with Crippen LogP contribution in [0.3, 0.4) is 0 Å². The molecule has 0 unspecified atom stereocenters. The highest BCUT2D eigenvalue weighted by molar-refractivity contribution is 5.97. The molecule has 0 amide bonds. The molecule has 1 aromatic carbocycles. The molecule has 2 heteroatoms. The first-order valence-electron chi connectivity index (χ1n) is 5.49. The smallest absolute Gasteiger partial charge is 0.150 e. The van der Waals surface area contributed by atoms with E-state index in [1.165, 1.54) is 0 Å². The molecule has 0 spiro atoms. The highest BCUT2D eigenvalue weighted by Gasteiger charge is 2.09. The average Bonchev–Trinajstić information content (AvgIpc) is 2.28. The largest absolute Gasteiger partial charge is 0.298 e. The van der Waals surface area contributed by atoms with Crippen LogP contribution in [-0.2, 0) is 0 Å². The summed E-state index contributed by atoms with van der Waals surface area (Å²) in [6, 6.07) is 7.82. The highest BCUT2D eigenvalue weighted by Crippen LogP contribution is 2.23. The number of carbonyl (C=O) groups is 1. The molecule has 2 aromatic rings. The summed E-state index contributed by atoms with van der Waals surface area (Å²) < 4.78 is 0. The second kappa shape index (κ2) is 4.05. The molecule has 0 aliphatic carbocycles. The van der Waals surface area contributed by atoms with Crippen LogP contribution in [0.5, 0.6) is 0 Å². The molecule has 0 aliphatic rings. The topological polar surface area (TPSA) is 30.0 Å². The van der Waals surface area contributed by atoms with E-state index in [9.17, 15) is 4.79 Å². The van der Waals surface area contributed by atoms with Crippen LogP contribution >= 0.6 is 0 Å². The minimum atomic E-state index is 0.336. The van der Waals surface area contributed by atoms with Crippen molar-refractivity contribution in [2.24, 2.45) is 0 Å². The van der Waals surface area contributed by atoms with Crippen LogP contribution in [0.2, 0.25) is 0 Å². The Kier molecular flexibility index (Phi) is 2.73. The van der Waals surface area contributed by atoms with Gasteiger partial charge in [-0.15, -0.1) is 0 Å². The van der Waals surface area contributed by atoms with E-state index in [0.717, 1.165) is 34.0 Å². The quantitative estimate of drug-likeness (QED) is 0.715. The van der Waals surface area contributed by atoms with Crippen molar-refractivity contribution in [3.8, 4) is 0 Å². The van der Waals surface area contributed by atoms with Crippen molar-refractivity contribution >= 4 is 17.2 Å². The minimum absolute atomic E-state index is 0.336. The van der Waals surface area contributed by atoms with E-state index in [0.29, 0.717) is 5.92 Å². The van der Waals surface area contributed by atoms with Gasteiger partial charge in [0.25, 0.3) is 0 Å². The number of aromatic nitrogens is 1. The predicted octanol–water partition coefficient (Wildman–Crippen LogP) is 3.48. The van der Waals surface area contributed by atoms with Crippen molar-refractivity contribution < 1.29 is 4.79 Å². The summed E-state index contributed by atoms with van der Waals surface area (Å²) in [5, 5.41) is 0.944. The molecule has 2 nitrogen and oxygen atoms in total. The van der Waals surface area contributed by atoms with Crippen LogP contribution in [-0.4, -0.2) is 11.3 Å². The lowest BCUT2D eigenvalue weighted by molar-refractivity contribution is 0.112. The van der Waals surface area contributed by atoms with E-state index in [1.54, 1.807) is 0 Å². The molecule has 82 valence electrons. The Balaban J connectivity index is 2.84. The lowest BCUT2D eigenvalue weighted by Crippen LogP contribution is -1.98. The van der Waals surface area contributed by atoms with Gasteiger partial charge in [0.1, 0.15) is 0 Å². The summed E-state index contributed by atoms with van der Waals surface area (Å²) in [7, 11) is 0. The maximum Gasteiger partial charge on any atom is 0.150 e. The lowest BCUT2D eigenvalue weighted by atomic mass is 10.0. The number of carbonyl (C=O) groups excluding carboxylic acids is 1. The Hall–Kier alpha value is -1.70. The van der Waals surface area contributed by atoms with E-state index >= 15 is 0 Å². The van der Waals surface area contributed by atoms with Gasteiger partial charge < -0.3 is 0 Å². The van der Waals surface area contributed by atoms with Crippen molar-refractivity contribution in [3.05, 3.63) is 41.1 Å². The maximum absolute atomic E-state index is 11.1. The van der Waals surface area contributed by atoms with Crippen LogP contribution in [0.4, 0.5) is 0 Å². The highest BCUT2D eigenvalue weighted by atomic mass is 16.1. The number of fused-ring (bicyclic) bond motifs is 1. The zero-order chi connectivity index (χ0) is 11.7. The molecule has 0 aliphatic heterocycles.